The van der Waals surface area contributed by atoms with E-state index in [-0.39, 0.29) is 17.4 Å². The number of hydrogen-bond acceptors (Lipinski definition) is 2. The van der Waals surface area contributed by atoms with E-state index in [1.807, 2.05) is 30.3 Å². The van der Waals surface area contributed by atoms with Crippen LogP contribution in [0.5, 0.6) is 0 Å². The van der Waals surface area contributed by atoms with E-state index in [1.165, 1.54) is 12.8 Å². The van der Waals surface area contributed by atoms with E-state index in [2.05, 4.69) is 15.6 Å². The van der Waals surface area contributed by atoms with Crippen molar-refractivity contribution in [1.29, 1.82) is 0 Å². The minimum absolute atomic E-state index is 0.182. The van der Waals surface area contributed by atoms with Gasteiger partial charge in [0.1, 0.15) is 6.17 Å². The molecule has 0 aromatic heterocycles. The van der Waals surface area contributed by atoms with E-state index >= 15 is 0 Å². The van der Waals surface area contributed by atoms with Crippen molar-refractivity contribution in [2.75, 3.05) is 0 Å². The number of benzene rings is 1. The fraction of sp³-hybridized carbons (Fsp3) is 0.500. The molecule has 4 nitrogen and oxygen atoms in total. The molecule has 0 saturated heterocycles. The Labute approximate surface area is 174 Å². The summed E-state index contributed by atoms with van der Waals surface area (Å²) in [7, 11) is 0. The fourth-order valence-electron chi connectivity index (χ4n) is 2.74. The number of nitrogens with zero attached hydrogens (tertiary/aromatic N) is 1. The molecule has 2 rings (SSSR count). The number of rotatable bonds is 4. The van der Waals surface area contributed by atoms with Gasteiger partial charge in [0.05, 0.1) is 6.42 Å². The highest BCUT2D eigenvalue weighted by Gasteiger charge is 2.34. The van der Waals surface area contributed by atoms with Crippen molar-refractivity contribution in [3.63, 3.8) is 0 Å². The van der Waals surface area contributed by atoms with Gasteiger partial charge in [0.15, 0.2) is 5.11 Å². The molecule has 1 aliphatic carbocycles. The molecule has 0 aliphatic heterocycles. The van der Waals surface area contributed by atoms with Crippen molar-refractivity contribution >= 4 is 63.8 Å². The van der Waals surface area contributed by atoms with Gasteiger partial charge in [0.2, 0.25) is 9.70 Å². The first kappa shape index (κ1) is 21.4. The van der Waals surface area contributed by atoms with Crippen LogP contribution in [-0.4, -0.2) is 26.7 Å². The smallest absolute Gasteiger partial charge is 0.228 e. The van der Waals surface area contributed by atoms with Crippen LogP contribution in [0.25, 0.3) is 0 Å². The maximum atomic E-state index is 12.3. The van der Waals surface area contributed by atoms with Gasteiger partial charge < -0.3 is 10.6 Å². The number of alkyl halides is 3. The number of amides is 1. The molecule has 8 heteroatoms. The average molecular weight is 435 g/mol. The molecular formula is C18H22Cl3N3OS. The summed E-state index contributed by atoms with van der Waals surface area (Å²) in [6.07, 6.45) is 5.73. The van der Waals surface area contributed by atoms with Crippen LogP contribution in [0.2, 0.25) is 0 Å². The Bertz CT molecular complexity index is 637. The summed E-state index contributed by atoms with van der Waals surface area (Å²) in [5.41, 5.74) is 1.92. The maximum Gasteiger partial charge on any atom is 0.228 e. The minimum atomic E-state index is -1.76. The van der Waals surface area contributed by atoms with Gasteiger partial charge in [-0.15, -0.1) is 0 Å². The van der Waals surface area contributed by atoms with Crippen LogP contribution in [0.15, 0.2) is 35.3 Å². The van der Waals surface area contributed by atoms with E-state index in [4.69, 9.17) is 47.0 Å². The van der Waals surface area contributed by atoms with Gasteiger partial charge in [0, 0.05) is 5.71 Å². The molecule has 0 spiro atoms. The minimum Gasteiger partial charge on any atom is -0.337 e. The van der Waals surface area contributed by atoms with Crippen LogP contribution in [-0.2, 0) is 11.2 Å². The van der Waals surface area contributed by atoms with Crippen LogP contribution < -0.4 is 10.6 Å². The Balaban J connectivity index is 1.97. The molecule has 0 radical (unpaired) electrons. The second-order valence-corrected chi connectivity index (χ2v) is 9.00. The van der Waals surface area contributed by atoms with Crippen molar-refractivity contribution in [2.24, 2.45) is 4.99 Å². The Morgan fingerprint density at radius 2 is 1.69 bits per heavy atom. The molecule has 1 unspecified atom stereocenters. The molecule has 0 heterocycles. The van der Waals surface area contributed by atoms with Gasteiger partial charge in [-0.25, -0.2) is 4.99 Å². The predicted octanol–water partition coefficient (Wildman–Crippen LogP) is 4.71. The number of thiocarbonyl (C=S) groups is 1. The highest BCUT2D eigenvalue weighted by molar-refractivity contribution is 7.80. The second kappa shape index (κ2) is 10.5. The normalized spacial score (nSPS) is 16.3. The molecule has 1 aromatic carbocycles. The van der Waals surface area contributed by atoms with Crippen LogP contribution in [0.4, 0.5) is 0 Å². The highest BCUT2D eigenvalue weighted by Crippen LogP contribution is 2.29. The zero-order valence-electron chi connectivity index (χ0n) is 14.3. The summed E-state index contributed by atoms with van der Waals surface area (Å²) in [5.74, 6) is -0.273. The van der Waals surface area contributed by atoms with Gasteiger partial charge in [0.25, 0.3) is 0 Å². The zero-order valence-corrected chi connectivity index (χ0v) is 17.4. The third kappa shape index (κ3) is 7.78. The zero-order chi connectivity index (χ0) is 19.0. The molecule has 1 aliphatic rings. The molecule has 142 valence electrons. The number of aliphatic imine (C=N–C) groups is 1. The van der Waals surface area contributed by atoms with Gasteiger partial charge in [-0.05, 0) is 43.5 Å². The van der Waals surface area contributed by atoms with E-state index in [1.54, 1.807) is 0 Å². The van der Waals surface area contributed by atoms with E-state index in [0.717, 1.165) is 37.0 Å². The number of halogens is 3. The number of carbonyl (C=O) groups is 1. The van der Waals surface area contributed by atoms with Crippen LogP contribution in [0.1, 0.15) is 44.1 Å². The summed E-state index contributed by atoms with van der Waals surface area (Å²) in [6, 6.07) is 9.34. The first-order valence-corrected chi connectivity index (χ1v) is 10.2. The monoisotopic (exact) mass is 433 g/mol. The number of hydrogen-bond donors (Lipinski definition) is 2. The third-order valence-corrected chi connectivity index (χ3v) is 4.91. The topological polar surface area (TPSA) is 53.5 Å². The highest BCUT2D eigenvalue weighted by atomic mass is 35.6. The molecule has 1 atom stereocenters. The Hall–Kier alpha value is -0.880. The number of nitrogens with one attached hydrogen (secondary N) is 2. The molecule has 2 N–H and O–H groups in total. The molecule has 0 bridgehead atoms. The standard InChI is InChI=1S/C18H22Cl3N3OS/c19-18(20,21)16(23-15(25)12-13-8-4-3-5-9-13)24-17(26)22-14-10-6-1-2-7-11-14/h3-5,8-9,16H,1-2,6-7,10-12H2,(H,23,25)(H,24,26). The average Bonchev–Trinajstić information content (AvgIpc) is 2.83. The van der Waals surface area contributed by atoms with Crippen molar-refractivity contribution in [3.8, 4) is 0 Å². The molecular weight excluding hydrogens is 413 g/mol. The quantitative estimate of drug-likeness (QED) is 0.312. The van der Waals surface area contributed by atoms with Gasteiger partial charge in [-0.2, -0.15) is 0 Å². The van der Waals surface area contributed by atoms with Crippen molar-refractivity contribution < 1.29 is 4.79 Å². The molecule has 26 heavy (non-hydrogen) atoms. The van der Waals surface area contributed by atoms with Gasteiger partial charge in [-0.3, -0.25) is 4.79 Å². The molecule has 1 amide bonds. The third-order valence-electron chi connectivity index (χ3n) is 4.05. The first-order chi connectivity index (χ1) is 12.3. The maximum absolute atomic E-state index is 12.3. The lowest BCUT2D eigenvalue weighted by atomic mass is 10.1. The SMILES string of the molecule is O=C(Cc1ccccc1)NC(NC(=S)N=C1CCCCCC1)C(Cl)(Cl)Cl. The Morgan fingerprint density at radius 3 is 2.27 bits per heavy atom. The lowest BCUT2D eigenvalue weighted by molar-refractivity contribution is -0.121. The summed E-state index contributed by atoms with van der Waals surface area (Å²) in [5, 5.41) is 5.76. The molecule has 1 fully saturated rings. The molecule has 1 aromatic rings. The fourth-order valence-corrected chi connectivity index (χ4v) is 3.32. The second-order valence-electron chi connectivity index (χ2n) is 6.25. The van der Waals surface area contributed by atoms with E-state index in [0.29, 0.717) is 0 Å². The lowest BCUT2D eigenvalue weighted by Gasteiger charge is -2.26. The number of carbonyl (C=O) groups excluding carboxylic acids is 1. The van der Waals surface area contributed by atoms with Crippen LogP contribution >= 0.6 is 47.0 Å². The van der Waals surface area contributed by atoms with Crippen molar-refractivity contribution in [1.82, 2.24) is 10.6 Å². The van der Waals surface area contributed by atoms with Gasteiger partial charge in [-0.1, -0.05) is 78.0 Å². The first-order valence-electron chi connectivity index (χ1n) is 8.61. The summed E-state index contributed by atoms with van der Waals surface area (Å²) in [4.78, 5) is 16.7. The van der Waals surface area contributed by atoms with Crippen LogP contribution in [0, 0.1) is 0 Å². The largest absolute Gasteiger partial charge is 0.337 e. The Kier molecular flexibility index (Phi) is 8.61. The van der Waals surface area contributed by atoms with E-state index in [9.17, 15) is 4.79 Å². The van der Waals surface area contributed by atoms with Gasteiger partial charge >= 0.3 is 0 Å². The van der Waals surface area contributed by atoms with Crippen molar-refractivity contribution in [3.05, 3.63) is 35.9 Å². The predicted molar refractivity (Wildman–Crippen MR) is 113 cm³/mol. The van der Waals surface area contributed by atoms with Crippen LogP contribution in [0.3, 0.4) is 0 Å². The summed E-state index contributed by atoms with van der Waals surface area (Å²) in [6.45, 7) is 0. The summed E-state index contributed by atoms with van der Waals surface area (Å²) >= 11 is 23.3. The van der Waals surface area contributed by atoms with E-state index < -0.39 is 9.96 Å². The van der Waals surface area contributed by atoms with Crippen molar-refractivity contribution in [2.45, 2.75) is 54.9 Å². The lowest BCUT2D eigenvalue weighted by Crippen LogP contribution is -2.55. The molecule has 1 saturated carbocycles. The summed E-state index contributed by atoms with van der Waals surface area (Å²) < 4.78 is -1.76. The Morgan fingerprint density at radius 1 is 1.08 bits per heavy atom.